The van der Waals surface area contributed by atoms with Gasteiger partial charge in [0.15, 0.2) is 0 Å². The summed E-state index contributed by atoms with van der Waals surface area (Å²) < 4.78 is 6.19. The number of carbonyl (C=O) groups excluding carboxylic acids is 3. The molecule has 5 fully saturated rings. The summed E-state index contributed by atoms with van der Waals surface area (Å²) in [5.41, 5.74) is -0.154. The van der Waals surface area contributed by atoms with Crippen molar-refractivity contribution in [2.45, 2.75) is 210 Å². The van der Waals surface area contributed by atoms with Gasteiger partial charge in [-0.05, 0) is 163 Å². The standard InChI is InChI=1S/C51H86N2O7/c1-32(2)30-37(34(5)54)53-41(55)18-16-14-13-15-17-29-52-44(57)51-26-21-35(33(3)4)43(51)36-19-20-39-48(10)24-23-40(60-42(56)31-46(6,7)45(58)59)47(8,9)38(48)22-25-50(39,12)49(36,11)27-28-51/h32,34-40,43,54H,3,13-31H2,1-2,4-12H3,(H,52,57)(H,53,55)(H,58,59)/t34-,35+,36-,37?,38+,39?,40+,43-,48+,49-,50-,51?/m1/s1. The van der Waals surface area contributed by atoms with Gasteiger partial charge in [0.1, 0.15) is 6.10 Å². The lowest BCUT2D eigenvalue weighted by molar-refractivity contribution is -0.249. The van der Waals surface area contributed by atoms with Crippen LogP contribution < -0.4 is 10.6 Å². The van der Waals surface area contributed by atoms with Gasteiger partial charge in [-0.1, -0.05) is 79.9 Å². The quantitative estimate of drug-likeness (QED) is 0.0612. The fourth-order valence-corrected chi connectivity index (χ4v) is 14.8. The van der Waals surface area contributed by atoms with Gasteiger partial charge in [0, 0.05) is 18.4 Å². The molecule has 0 aliphatic heterocycles. The number of aliphatic hydroxyl groups excluding tert-OH is 1. The van der Waals surface area contributed by atoms with Crippen LogP contribution in [0.3, 0.4) is 0 Å². The van der Waals surface area contributed by atoms with Crippen molar-refractivity contribution in [3.8, 4) is 0 Å². The van der Waals surface area contributed by atoms with Crippen LogP contribution >= 0.6 is 0 Å². The fourth-order valence-electron chi connectivity index (χ4n) is 14.8. The predicted octanol–water partition coefficient (Wildman–Crippen LogP) is 10.4. The van der Waals surface area contributed by atoms with E-state index >= 15 is 0 Å². The van der Waals surface area contributed by atoms with E-state index in [1.54, 1.807) is 20.8 Å². The molecular formula is C51H86N2O7. The summed E-state index contributed by atoms with van der Waals surface area (Å²) in [6.07, 6.45) is 15.5. The van der Waals surface area contributed by atoms with Gasteiger partial charge in [0.25, 0.3) is 0 Å². The minimum Gasteiger partial charge on any atom is -0.481 e. The topological polar surface area (TPSA) is 142 Å². The van der Waals surface area contributed by atoms with Crippen molar-refractivity contribution in [2.24, 2.45) is 68.0 Å². The van der Waals surface area contributed by atoms with Crippen molar-refractivity contribution in [2.75, 3.05) is 6.54 Å². The third-order valence-corrected chi connectivity index (χ3v) is 18.4. The number of esters is 1. The Hall–Kier alpha value is -2.42. The van der Waals surface area contributed by atoms with E-state index in [1.807, 2.05) is 0 Å². The second kappa shape index (κ2) is 18.4. The molecule has 60 heavy (non-hydrogen) atoms. The van der Waals surface area contributed by atoms with Crippen molar-refractivity contribution in [3.05, 3.63) is 12.2 Å². The molecule has 2 amide bonds. The number of carboxylic acid groups (broad SMARTS) is 1. The Morgan fingerprint density at radius 2 is 1.48 bits per heavy atom. The first-order valence-electron chi connectivity index (χ1n) is 24.2. The Bertz CT molecular complexity index is 1590. The molecule has 5 aliphatic rings. The molecular weight excluding hydrogens is 753 g/mol. The van der Waals surface area contributed by atoms with E-state index < -0.39 is 23.5 Å². The number of aliphatic carboxylic acids is 1. The lowest BCUT2D eigenvalue weighted by atomic mass is 9.32. The molecule has 9 nitrogen and oxygen atoms in total. The van der Waals surface area contributed by atoms with Crippen LogP contribution in [0.15, 0.2) is 12.2 Å². The lowest BCUT2D eigenvalue weighted by Crippen LogP contribution is -2.67. The van der Waals surface area contributed by atoms with Gasteiger partial charge in [-0.25, -0.2) is 0 Å². The predicted molar refractivity (Wildman–Crippen MR) is 239 cm³/mol. The molecule has 0 saturated heterocycles. The van der Waals surface area contributed by atoms with Crippen molar-refractivity contribution in [1.29, 1.82) is 0 Å². The van der Waals surface area contributed by atoms with Crippen LogP contribution in [0.1, 0.15) is 192 Å². The van der Waals surface area contributed by atoms with Gasteiger partial charge in [0.2, 0.25) is 11.8 Å². The Kier molecular flexibility index (Phi) is 14.9. The van der Waals surface area contributed by atoms with Gasteiger partial charge in [-0.15, -0.1) is 0 Å². The van der Waals surface area contributed by atoms with E-state index in [9.17, 15) is 29.4 Å². The first-order valence-corrected chi connectivity index (χ1v) is 24.2. The van der Waals surface area contributed by atoms with Gasteiger partial charge in [0.05, 0.1) is 29.4 Å². The molecule has 0 radical (unpaired) electrons. The molecule has 0 aromatic rings. The summed E-state index contributed by atoms with van der Waals surface area (Å²) in [6, 6.07) is -0.196. The van der Waals surface area contributed by atoms with Gasteiger partial charge in [-0.2, -0.15) is 0 Å². The number of unbranched alkanes of at least 4 members (excludes halogenated alkanes) is 4. The molecule has 342 valence electrons. The normalized spacial score (nSPS) is 36.8. The van der Waals surface area contributed by atoms with Crippen molar-refractivity contribution >= 4 is 23.8 Å². The average Bonchev–Trinajstić information content (AvgIpc) is 3.55. The monoisotopic (exact) mass is 839 g/mol. The number of carboxylic acids is 1. The Balaban J connectivity index is 1.20. The maximum Gasteiger partial charge on any atom is 0.309 e. The zero-order chi connectivity index (χ0) is 44.6. The van der Waals surface area contributed by atoms with Gasteiger partial charge in [-0.3, -0.25) is 19.2 Å². The molecule has 9 heteroatoms. The first kappa shape index (κ1) is 48.6. The maximum absolute atomic E-state index is 14.6. The van der Waals surface area contributed by atoms with Crippen LogP contribution in [0, 0.1) is 68.0 Å². The zero-order valence-electron chi connectivity index (χ0n) is 39.8. The lowest BCUT2D eigenvalue weighted by Gasteiger charge is -2.72. The number of hydrogen-bond donors (Lipinski definition) is 4. The van der Waals surface area contributed by atoms with E-state index in [0.29, 0.717) is 48.5 Å². The summed E-state index contributed by atoms with van der Waals surface area (Å²) in [5, 5.41) is 26.2. The van der Waals surface area contributed by atoms with Crippen LogP contribution in [0.2, 0.25) is 0 Å². The molecule has 0 heterocycles. The number of allylic oxidation sites excluding steroid dienone is 1. The third kappa shape index (κ3) is 9.14. The SMILES string of the molecule is C=C(C)[C@@H]1CCC2(C(=O)NCCCCCCCC(=O)NC(CC(C)C)[C@@H](C)O)CC[C@]3(C)[C@H](CCC4[C@@]5(C)CC[C@H](OC(=O)CC(C)(C)C(=O)O)C(C)(C)[C@@H]5CC[C@]43C)[C@@H]12. The van der Waals surface area contributed by atoms with E-state index in [0.717, 1.165) is 103 Å². The Morgan fingerprint density at radius 3 is 2.12 bits per heavy atom. The summed E-state index contributed by atoms with van der Waals surface area (Å²) in [4.78, 5) is 52.0. The number of rotatable bonds is 18. The molecule has 4 N–H and O–H groups in total. The highest BCUT2D eigenvalue weighted by Crippen LogP contribution is 2.77. The molecule has 12 atom stereocenters. The number of nitrogens with one attached hydrogen (secondary N) is 2. The largest absolute Gasteiger partial charge is 0.481 e. The van der Waals surface area contributed by atoms with Crippen LogP contribution in [0.5, 0.6) is 0 Å². The third-order valence-electron chi connectivity index (χ3n) is 18.4. The van der Waals surface area contributed by atoms with Crippen molar-refractivity contribution in [1.82, 2.24) is 10.6 Å². The summed E-state index contributed by atoms with van der Waals surface area (Å²) >= 11 is 0. The molecule has 3 unspecified atom stereocenters. The minimum atomic E-state index is -1.16. The number of ether oxygens (including phenoxy) is 1. The highest BCUT2D eigenvalue weighted by Gasteiger charge is 2.72. The van der Waals surface area contributed by atoms with Crippen molar-refractivity contribution < 1.29 is 34.1 Å². The summed E-state index contributed by atoms with van der Waals surface area (Å²) in [6.45, 7) is 28.9. The van der Waals surface area contributed by atoms with Gasteiger partial charge < -0.3 is 25.6 Å². The summed E-state index contributed by atoms with van der Waals surface area (Å²) in [5.74, 6) is 1.37. The molecule has 5 rings (SSSR count). The zero-order valence-corrected chi connectivity index (χ0v) is 39.8. The molecule has 5 saturated carbocycles. The molecule has 0 aromatic carbocycles. The number of fused-ring (bicyclic) bond motifs is 7. The fraction of sp³-hybridized carbons (Fsp3) is 0.882. The van der Waals surface area contributed by atoms with E-state index in [1.165, 1.54) is 5.57 Å². The summed E-state index contributed by atoms with van der Waals surface area (Å²) in [7, 11) is 0. The van der Waals surface area contributed by atoms with Crippen LogP contribution in [-0.4, -0.2) is 58.8 Å². The van der Waals surface area contributed by atoms with Crippen LogP contribution in [0.4, 0.5) is 0 Å². The molecule has 0 aromatic heterocycles. The molecule has 0 bridgehead atoms. The number of amides is 2. The number of carbonyl (C=O) groups is 4. The number of hydrogen-bond acceptors (Lipinski definition) is 6. The van der Waals surface area contributed by atoms with E-state index in [4.69, 9.17) is 4.74 Å². The first-order chi connectivity index (χ1) is 27.9. The smallest absolute Gasteiger partial charge is 0.309 e. The Morgan fingerprint density at radius 1 is 0.817 bits per heavy atom. The molecule has 5 aliphatic carbocycles. The maximum atomic E-state index is 14.6. The highest BCUT2D eigenvalue weighted by atomic mass is 16.5. The van der Waals surface area contributed by atoms with Crippen LogP contribution in [-0.2, 0) is 23.9 Å². The second-order valence-corrected chi connectivity index (χ2v) is 23.4. The van der Waals surface area contributed by atoms with Gasteiger partial charge >= 0.3 is 11.9 Å². The highest BCUT2D eigenvalue weighted by molar-refractivity contribution is 5.84. The van der Waals surface area contributed by atoms with E-state index in [-0.39, 0.29) is 57.5 Å². The van der Waals surface area contributed by atoms with E-state index in [2.05, 4.69) is 72.6 Å². The molecule has 0 spiro atoms. The van der Waals surface area contributed by atoms with Crippen molar-refractivity contribution in [3.63, 3.8) is 0 Å². The Labute approximate surface area is 364 Å². The second-order valence-electron chi connectivity index (χ2n) is 23.4. The minimum absolute atomic E-state index is 0.0210. The number of aliphatic hydroxyl groups is 1. The van der Waals surface area contributed by atoms with Crippen LogP contribution in [0.25, 0.3) is 0 Å². The average molecular weight is 839 g/mol.